The van der Waals surface area contributed by atoms with Crippen molar-refractivity contribution < 1.29 is 9.47 Å². The molecule has 2 nitrogen and oxygen atoms in total. The van der Waals surface area contributed by atoms with E-state index in [0.29, 0.717) is 19.1 Å². The van der Waals surface area contributed by atoms with Gasteiger partial charge in [-0.25, -0.2) is 0 Å². The molecule has 0 aromatic heterocycles. The molecule has 0 radical (unpaired) electrons. The summed E-state index contributed by atoms with van der Waals surface area (Å²) in [5.41, 5.74) is 0.953. The zero-order valence-electron chi connectivity index (χ0n) is 12.4. The van der Waals surface area contributed by atoms with Crippen LogP contribution in [-0.2, 0) is 0 Å². The Hall–Kier alpha value is -1.33. The summed E-state index contributed by atoms with van der Waals surface area (Å²) >= 11 is 5.63. The van der Waals surface area contributed by atoms with E-state index in [0.717, 1.165) is 42.7 Å². The average Bonchev–Trinajstić information content (AvgIpc) is 2.48. The highest BCUT2D eigenvalue weighted by atomic mass is 35.5. The molecule has 0 unspecified atom stereocenters. The van der Waals surface area contributed by atoms with Gasteiger partial charge in [0.1, 0.15) is 0 Å². The van der Waals surface area contributed by atoms with Crippen LogP contribution in [0.5, 0.6) is 11.5 Å². The minimum atomic E-state index is 0.656. The predicted molar refractivity (Wildman–Crippen MR) is 84.8 cm³/mol. The van der Waals surface area contributed by atoms with Crippen molar-refractivity contribution in [2.75, 3.05) is 19.1 Å². The van der Waals surface area contributed by atoms with Gasteiger partial charge in [-0.1, -0.05) is 25.7 Å². The Kier molecular flexibility index (Phi) is 8.74. The Morgan fingerprint density at radius 3 is 2.40 bits per heavy atom. The minimum Gasteiger partial charge on any atom is -0.490 e. The van der Waals surface area contributed by atoms with Gasteiger partial charge in [0.05, 0.1) is 13.2 Å². The summed E-state index contributed by atoms with van der Waals surface area (Å²) in [5.74, 6) is 8.49. The quantitative estimate of drug-likeness (QED) is 0.395. The number of alkyl halides is 1. The molecule has 0 aliphatic rings. The molecule has 0 bridgehead atoms. The molecule has 0 spiro atoms. The summed E-state index contributed by atoms with van der Waals surface area (Å²) in [6.07, 6.45) is 3.69. The topological polar surface area (TPSA) is 18.5 Å². The van der Waals surface area contributed by atoms with Gasteiger partial charge in [-0.05, 0) is 37.5 Å². The lowest BCUT2D eigenvalue weighted by Gasteiger charge is -2.12. The normalized spacial score (nSPS) is 9.75. The SMILES string of the molecule is CCCOc1ccc(C#CCCCCl)cc1OCCC. The van der Waals surface area contributed by atoms with Gasteiger partial charge in [-0.2, -0.15) is 0 Å². The van der Waals surface area contributed by atoms with Crippen LogP contribution in [0.15, 0.2) is 18.2 Å². The van der Waals surface area contributed by atoms with Gasteiger partial charge in [-0.15, -0.1) is 11.6 Å². The van der Waals surface area contributed by atoms with E-state index in [1.165, 1.54) is 0 Å². The standard InChI is InChI=1S/C17H23ClO2/c1-3-12-19-16-10-9-15(8-6-5-7-11-18)14-17(16)20-13-4-2/h9-10,14H,3-5,7,11-13H2,1-2H3. The molecule has 0 saturated carbocycles. The van der Waals surface area contributed by atoms with Gasteiger partial charge in [0.25, 0.3) is 0 Å². The monoisotopic (exact) mass is 294 g/mol. The lowest BCUT2D eigenvalue weighted by atomic mass is 10.2. The van der Waals surface area contributed by atoms with Crippen molar-refractivity contribution in [1.29, 1.82) is 0 Å². The summed E-state index contributed by atoms with van der Waals surface area (Å²) in [4.78, 5) is 0. The van der Waals surface area contributed by atoms with Crippen LogP contribution in [0, 0.1) is 11.8 Å². The molecule has 0 heterocycles. The highest BCUT2D eigenvalue weighted by Gasteiger charge is 2.05. The van der Waals surface area contributed by atoms with Crippen LogP contribution in [0.25, 0.3) is 0 Å². The molecule has 0 aliphatic carbocycles. The summed E-state index contributed by atoms with van der Waals surface area (Å²) in [6, 6.07) is 5.86. The van der Waals surface area contributed by atoms with E-state index < -0.39 is 0 Å². The second-order valence-electron chi connectivity index (χ2n) is 4.45. The summed E-state index contributed by atoms with van der Waals surface area (Å²) in [6.45, 7) is 5.56. The highest BCUT2D eigenvalue weighted by Crippen LogP contribution is 2.28. The Balaban J connectivity index is 2.79. The van der Waals surface area contributed by atoms with E-state index in [9.17, 15) is 0 Å². The van der Waals surface area contributed by atoms with Crippen LogP contribution in [0.3, 0.4) is 0 Å². The summed E-state index contributed by atoms with van der Waals surface area (Å²) in [5, 5.41) is 0. The molecule has 20 heavy (non-hydrogen) atoms. The number of hydrogen-bond acceptors (Lipinski definition) is 2. The van der Waals surface area contributed by atoms with Crippen LogP contribution < -0.4 is 9.47 Å². The Bertz CT molecular complexity index is 446. The first-order chi connectivity index (χ1) is 9.81. The van der Waals surface area contributed by atoms with Crippen molar-refractivity contribution >= 4 is 11.6 Å². The molecule has 1 rings (SSSR count). The number of rotatable bonds is 8. The van der Waals surface area contributed by atoms with Gasteiger partial charge in [0.15, 0.2) is 11.5 Å². The van der Waals surface area contributed by atoms with Crippen LogP contribution in [0.1, 0.15) is 45.1 Å². The summed E-state index contributed by atoms with van der Waals surface area (Å²) in [7, 11) is 0. The molecule has 110 valence electrons. The number of ether oxygens (including phenoxy) is 2. The predicted octanol–water partition coefficient (Wildman–Crippen LogP) is 4.63. The molecule has 0 amide bonds. The lowest BCUT2D eigenvalue weighted by molar-refractivity contribution is 0.268. The second-order valence-corrected chi connectivity index (χ2v) is 4.83. The van der Waals surface area contributed by atoms with Crippen LogP contribution in [0.4, 0.5) is 0 Å². The number of halogens is 1. The van der Waals surface area contributed by atoms with E-state index in [1.807, 2.05) is 18.2 Å². The van der Waals surface area contributed by atoms with Gasteiger partial charge in [-0.3, -0.25) is 0 Å². The molecule has 0 atom stereocenters. The van der Waals surface area contributed by atoms with E-state index in [2.05, 4.69) is 25.7 Å². The first kappa shape index (κ1) is 16.7. The van der Waals surface area contributed by atoms with Crippen molar-refractivity contribution in [3.63, 3.8) is 0 Å². The molecule has 1 aromatic rings. The maximum absolute atomic E-state index is 5.74. The third kappa shape index (κ3) is 6.21. The Morgan fingerprint density at radius 1 is 1.05 bits per heavy atom. The lowest BCUT2D eigenvalue weighted by Crippen LogP contribution is -2.01. The highest BCUT2D eigenvalue weighted by molar-refractivity contribution is 6.17. The van der Waals surface area contributed by atoms with Gasteiger partial charge in [0, 0.05) is 17.9 Å². The third-order valence-electron chi connectivity index (χ3n) is 2.54. The first-order valence-electron chi connectivity index (χ1n) is 7.26. The molecular weight excluding hydrogens is 272 g/mol. The van der Waals surface area contributed by atoms with Crippen molar-refractivity contribution in [3.8, 4) is 23.3 Å². The molecular formula is C17H23ClO2. The molecule has 1 aromatic carbocycles. The van der Waals surface area contributed by atoms with Gasteiger partial charge in [0.2, 0.25) is 0 Å². The van der Waals surface area contributed by atoms with Crippen LogP contribution in [0.2, 0.25) is 0 Å². The van der Waals surface area contributed by atoms with Crippen LogP contribution in [-0.4, -0.2) is 19.1 Å². The molecule has 0 aliphatic heterocycles. The number of benzene rings is 1. The zero-order chi connectivity index (χ0) is 14.6. The van der Waals surface area contributed by atoms with E-state index in [1.54, 1.807) is 0 Å². The Morgan fingerprint density at radius 2 is 1.75 bits per heavy atom. The number of unbranched alkanes of at least 4 members (excludes halogenated alkanes) is 1. The number of hydrogen-bond donors (Lipinski definition) is 0. The van der Waals surface area contributed by atoms with E-state index in [4.69, 9.17) is 21.1 Å². The van der Waals surface area contributed by atoms with Crippen molar-refractivity contribution in [1.82, 2.24) is 0 Å². The molecule has 3 heteroatoms. The van der Waals surface area contributed by atoms with Crippen LogP contribution >= 0.6 is 11.6 Å². The fourth-order valence-corrected chi connectivity index (χ4v) is 1.70. The van der Waals surface area contributed by atoms with E-state index in [-0.39, 0.29) is 0 Å². The molecule has 0 N–H and O–H groups in total. The third-order valence-corrected chi connectivity index (χ3v) is 2.80. The molecule has 0 fully saturated rings. The maximum Gasteiger partial charge on any atom is 0.162 e. The van der Waals surface area contributed by atoms with Crippen molar-refractivity contribution in [2.45, 2.75) is 39.5 Å². The van der Waals surface area contributed by atoms with E-state index >= 15 is 0 Å². The van der Waals surface area contributed by atoms with Gasteiger partial charge < -0.3 is 9.47 Å². The minimum absolute atomic E-state index is 0.656. The largest absolute Gasteiger partial charge is 0.490 e. The molecule has 0 saturated heterocycles. The van der Waals surface area contributed by atoms with Gasteiger partial charge >= 0.3 is 0 Å². The maximum atomic E-state index is 5.74. The summed E-state index contributed by atoms with van der Waals surface area (Å²) < 4.78 is 11.4. The zero-order valence-corrected chi connectivity index (χ0v) is 13.1. The van der Waals surface area contributed by atoms with Crippen molar-refractivity contribution in [2.24, 2.45) is 0 Å². The fourth-order valence-electron chi connectivity index (χ4n) is 1.56. The average molecular weight is 295 g/mol. The second kappa shape index (κ2) is 10.5. The first-order valence-corrected chi connectivity index (χ1v) is 7.79. The van der Waals surface area contributed by atoms with Crippen molar-refractivity contribution in [3.05, 3.63) is 23.8 Å². The smallest absolute Gasteiger partial charge is 0.162 e. The fraction of sp³-hybridized carbons (Fsp3) is 0.529. The Labute approximate surface area is 127 Å².